The van der Waals surface area contributed by atoms with E-state index in [2.05, 4.69) is 0 Å². The second kappa shape index (κ2) is 9.90. The van der Waals surface area contributed by atoms with Gasteiger partial charge in [-0.05, 0) is 31.0 Å². The second-order valence-corrected chi connectivity index (χ2v) is 7.82. The molecule has 0 aliphatic carbocycles. The normalized spacial score (nSPS) is 17.1. The van der Waals surface area contributed by atoms with Gasteiger partial charge in [-0.15, -0.1) is 0 Å². The average Bonchev–Trinajstić information content (AvgIpc) is 2.86. The molecule has 0 aromatic heterocycles. The van der Waals surface area contributed by atoms with Crippen LogP contribution in [0, 0.1) is 5.92 Å². The molecule has 158 valence electrons. The van der Waals surface area contributed by atoms with Gasteiger partial charge in [-0.1, -0.05) is 62.2 Å². The number of aliphatic imine (C=N–C) groups is 1. The number of amides is 1. The van der Waals surface area contributed by atoms with E-state index in [1.807, 2.05) is 56.3 Å². The van der Waals surface area contributed by atoms with Crippen LogP contribution >= 0.6 is 11.6 Å². The van der Waals surface area contributed by atoms with Crippen LogP contribution < -0.4 is 4.90 Å². The summed E-state index contributed by atoms with van der Waals surface area (Å²) < 4.78 is 5.07. The fourth-order valence-corrected chi connectivity index (χ4v) is 3.73. The van der Waals surface area contributed by atoms with Crippen molar-refractivity contribution in [1.29, 1.82) is 0 Å². The Morgan fingerprint density at radius 1 is 1.20 bits per heavy atom. The minimum Gasteiger partial charge on any atom is -0.466 e. The van der Waals surface area contributed by atoms with Gasteiger partial charge in [0.05, 0.1) is 24.4 Å². The number of ether oxygens (including phenoxy) is 1. The highest BCUT2D eigenvalue weighted by Gasteiger charge is 2.34. The van der Waals surface area contributed by atoms with Crippen molar-refractivity contribution < 1.29 is 14.3 Å². The third-order valence-corrected chi connectivity index (χ3v) is 5.60. The highest BCUT2D eigenvalue weighted by Crippen LogP contribution is 2.33. The number of benzene rings is 2. The van der Waals surface area contributed by atoms with Gasteiger partial charge in [0.15, 0.2) is 0 Å². The molecule has 6 heteroatoms. The van der Waals surface area contributed by atoms with Crippen molar-refractivity contribution >= 4 is 34.9 Å². The first-order valence-corrected chi connectivity index (χ1v) is 10.7. The van der Waals surface area contributed by atoms with E-state index >= 15 is 0 Å². The maximum atomic E-state index is 13.6. The minimum absolute atomic E-state index is 0.0473. The molecule has 30 heavy (non-hydrogen) atoms. The molecule has 0 radical (unpaired) electrons. The summed E-state index contributed by atoms with van der Waals surface area (Å²) in [6.07, 6.45) is 0.931. The number of hydrogen-bond donors (Lipinski definition) is 0. The van der Waals surface area contributed by atoms with Crippen LogP contribution in [-0.2, 0) is 14.3 Å². The molecule has 2 aromatic carbocycles. The molecule has 0 N–H and O–H groups in total. The van der Waals surface area contributed by atoms with Crippen LogP contribution in [0.3, 0.4) is 0 Å². The zero-order valence-corrected chi connectivity index (χ0v) is 18.4. The van der Waals surface area contributed by atoms with Gasteiger partial charge in [0.2, 0.25) is 0 Å². The summed E-state index contributed by atoms with van der Waals surface area (Å²) in [6.45, 7) is 6.40. The van der Waals surface area contributed by atoms with Gasteiger partial charge in [0.25, 0.3) is 5.91 Å². The first-order chi connectivity index (χ1) is 14.5. The van der Waals surface area contributed by atoms with Crippen molar-refractivity contribution in [2.75, 3.05) is 18.1 Å². The Morgan fingerprint density at radius 3 is 2.60 bits per heavy atom. The number of hydrogen-bond acceptors (Lipinski definition) is 4. The Morgan fingerprint density at radius 2 is 1.93 bits per heavy atom. The van der Waals surface area contributed by atoms with E-state index in [1.165, 1.54) is 0 Å². The molecule has 1 unspecified atom stereocenters. The zero-order valence-electron chi connectivity index (χ0n) is 17.6. The predicted octanol–water partition coefficient (Wildman–Crippen LogP) is 4.89. The Bertz CT molecular complexity index is 943. The lowest BCUT2D eigenvalue weighted by molar-refractivity contribution is -0.142. The number of carbonyl (C=O) groups is 2. The van der Waals surface area contributed by atoms with Gasteiger partial charge >= 0.3 is 5.97 Å². The van der Waals surface area contributed by atoms with Crippen LogP contribution in [0.4, 0.5) is 5.69 Å². The second-order valence-electron chi connectivity index (χ2n) is 7.38. The number of anilines is 1. The van der Waals surface area contributed by atoms with E-state index < -0.39 is 6.04 Å². The molecule has 5 nitrogen and oxygen atoms in total. The Kier molecular flexibility index (Phi) is 7.27. The number of carbonyl (C=O) groups excluding carboxylic acids is 2. The van der Waals surface area contributed by atoms with Crippen LogP contribution in [-0.4, -0.2) is 36.8 Å². The van der Waals surface area contributed by atoms with Crippen molar-refractivity contribution in [1.82, 2.24) is 0 Å². The Balaban J connectivity index is 2.13. The standard InChI is InChI=1S/C24H27ClN2O3/c1-4-16(3)22-24(29)27(14-13-21(28)30-5-2)20-12-11-18(25)15-19(20)23(26-22)17-9-7-6-8-10-17/h6-12,15-16,22H,4-5,13-14H2,1-3H3/t16-,22?/m0/s1. The van der Waals surface area contributed by atoms with Crippen LogP contribution in [0.1, 0.15) is 44.7 Å². The van der Waals surface area contributed by atoms with Gasteiger partial charge < -0.3 is 9.64 Å². The highest BCUT2D eigenvalue weighted by atomic mass is 35.5. The molecule has 2 aromatic rings. The highest BCUT2D eigenvalue weighted by molar-refractivity contribution is 6.32. The fourth-order valence-electron chi connectivity index (χ4n) is 3.56. The van der Waals surface area contributed by atoms with Gasteiger partial charge in [-0.2, -0.15) is 0 Å². The van der Waals surface area contributed by atoms with Crippen LogP contribution in [0.25, 0.3) is 0 Å². The third kappa shape index (κ3) is 4.73. The molecule has 1 heterocycles. The molecule has 0 fully saturated rings. The van der Waals surface area contributed by atoms with Crippen LogP contribution in [0.15, 0.2) is 53.5 Å². The minimum atomic E-state index is -0.543. The van der Waals surface area contributed by atoms with E-state index in [4.69, 9.17) is 21.3 Å². The zero-order chi connectivity index (χ0) is 21.7. The molecular formula is C24H27ClN2O3. The lowest BCUT2D eigenvalue weighted by atomic mass is 9.98. The molecule has 1 aliphatic heterocycles. The summed E-state index contributed by atoms with van der Waals surface area (Å²) >= 11 is 6.33. The maximum absolute atomic E-state index is 13.6. The first-order valence-electron chi connectivity index (χ1n) is 10.4. The van der Waals surface area contributed by atoms with E-state index in [-0.39, 0.29) is 30.8 Å². The molecule has 0 spiro atoms. The number of halogens is 1. The topological polar surface area (TPSA) is 59.0 Å². The number of fused-ring (bicyclic) bond motifs is 1. The summed E-state index contributed by atoms with van der Waals surface area (Å²) in [5.41, 5.74) is 3.17. The Labute approximate surface area is 182 Å². The molecule has 0 saturated heterocycles. The van der Waals surface area contributed by atoms with E-state index in [0.29, 0.717) is 17.3 Å². The van der Waals surface area contributed by atoms with Crippen LogP contribution in [0.2, 0.25) is 5.02 Å². The maximum Gasteiger partial charge on any atom is 0.307 e. The quantitative estimate of drug-likeness (QED) is 0.592. The molecule has 3 rings (SSSR count). The largest absolute Gasteiger partial charge is 0.466 e. The summed E-state index contributed by atoms with van der Waals surface area (Å²) in [5.74, 6) is -0.386. The molecule has 0 saturated carbocycles. The molecule has 1 amide bonds. The average molecular weight is 427 g/mol. The summed E-state index contributed by atoms with van der Waals surface area (Å²) in [7, 11) is 0. The van der Waals surface area contributed by atoms with E-state index in [1.54, 1.807) is 17.9 Å². The van der Waals surface area contributed by atoms with Crippen LogP contribution in [0.5, 0.6) is 0 Å². The van der Waals surface area contributed by atoms with E-state index in [9.17, 15) is 9.59 Å². The molecular weight excluding hydrogens is 400 g/mol. The van der Waals surface area contributed by atoms with E-state index in [0.717, 1.165) is 23.3 Å². The monoisotopic (exact) mass is 426 g/mol. The third-order valence-electron chi connectivity index (χ3n) is 5.37. The number of rotatable bonds is 7. The van der Waals surface area contributed by atoms with Gasteiger partial charge in [0, 0.05) is 22.7 Å². The van der Waals surface area contributed by atoms with Crippen molar-refractivity contribution in [2.45, 2.75) is 39.7 Å². The van der Waals surface area contributed by atoms with Crippen molar-refractivity contribution in [3.05, 3.63) is 64.7 Å². The smallest absolute Gasteiger partial charge is 0.307 e. The van der Waals surface area contributed by atoms with Gasteiger partial charge in [0.1, 0.15) is 6.04 Å². The van der Waals surface area contributed by atoms with Crippen molar-refractivity contribution in [3.8, 4) is 0 Å². The summed E-state index contributed by atoms with van der Waals surface area (Å²) in [5, 5.41) is 0.567. The molecule has 0 bridgehead atoms. The van der Waals surface area contributed by atoms with Gasteiger partial charge in [-0.3, -0.25) is 14.6 Å². The number of benzodiazepines with no additional fused rings is 1. The van der Waals surface area contributed by atoms with Gasteiger partial charge in [-0.25, -0.2) is 0 Å². The first kappa shape index (κ1) is 22.0. The predicted molar refractivity (Wildman–Crippen MR) is 120 cm³/mol. The summed E-state index contributed by atoms with van der Waals surface area (Å²) in [6, 6.07) is 14.7. The molecule has 1 aliphatic rings. The number of esters is 1. The van der Waals surface area contributed by atoms with Crippen molar-refractivity contribution in [3.63, 3.8) is 0 Å². The van der Waals surface area contributed by atoms with Crippen molar-refractivity contribution in [2.24, 2.45) is 10.9 Å². The summed E-state index contributed by atoms with van der Waals surface area (Å²) in [4.78, 5) is 32.2. The fraction of sp³-hybridized carbons (Fsp3) is 0.375. The lowest BCUT2D eigenvalue weighted by Crippen LogP contribution is -2.42. The molecule has 2 atom stereocenters. The SMILES string of the molecule is CCOC(=O)CCN1C(=O)C([C@@H](C)CC)N=C(c2ccccc2)c2cc(Cl)ccc21. The Hall–Kier alpha value is -2.66. The number of nitrogens with zero attached hydrogens (tertiary/aromatic N) is 2. The lowest BCUT2D eigenvalue weighted by Gasteiger charge is -2.27.